The summed E-state index contributed by atoms with van der Waals surface area (Å²) in [5.41, 5.74) is -0.356. The Morgan fingerprint density at radius 3 is 2.43 bits per heavy atom. The first-order valence-electron chi connectivity index (χ1n) is 6.94. The molecule has 0 spiro atoms. The predicted octanol–water partition coefficient (Wildman–Crippen LogP) is 3.17. The number of benzene rings is 1. The lowest BCUT2D eigenvalue weighted by atomic mass is 10.0. The van der Waals surface area contributed by atoms with Crippen LogP contribution < -0.4 is 4.74 Å². The second-order valence-electron chi connectivity index (χ2n) is 5.02. The largest absolute Gasteiger partial charge is 0.493 e. The molecule has 3 nitrogen and oxygen atoms in total. The van der Waals surface area contributed by atoms with Crippen LogP contribution in [0, 0.1) is 0 Å². The molecule has 2 N–H and O–H groups in total. The highest BCUT2D eigenvalue weighted by Crippen LogP contribution is 2.33. The minimum atomic E-state index is -4.42. The number of alkyl halides is 3. The summed E-state index contributed by atoms with van der Waals surface area (Å²) in [7, 11) is 0. The number of hydrogen-bond donors (Lipinski definition) is 2. The van der Waals surface area contributed by atoms with E-state index < -0.39 is 23.9 Å². The van der Waals surface area contributed by atoms with Gasteiger partial charge in [0.1, 0.15) is 5.75 Å². The fourth-order valence-electron chi connectivity index (χ4n) is 1.85. The fourth-order valence-corrected chi connectivity index (χ4v) is 1.85. The molecule has 21 heavy (non-hydrogen) atoms. The van der Waals surface area contributed by atoms with Crippen LogP contribution in [0.1, 0.15) is 37.8 Å². The summed E-state index contributed by atoms with van der Waals surface area (Å²) in [5.74, 6) is 0.391. The number of hydrogen-bond acceptors (Lipinski definition) is 3. The van der Waals surface area contributed by atoms with Crippen LogP contribution in [-0.2, 0) is 12.6 Å². The molecule has 1 aromatic rings. The standard InChI is InChI=1S/C15H21F3O3/c1-3-8-21-14-7-5-12(15(16,17)18)9-11(14)4-6-13(20)10(2)19/h5,7,9-10,13,19-20H,3-4,6,8H2,1-2H3. The van der Waals surface area contributed by atoms with Crippen molar-refractivity contribution in [1.82, 2.24) is 0 Å². The van der Waals surface area contributed by atoms with Gasteiger partial charge in [-0.15, -0.1) is 0 Å². The molecule has 0 bridgehead atoms. The van der Waals surface area contributed by atoms with Gasteiger partial charge in [-0.25, -0.2) is 0 Å². The Morgan fingerprint density at radius 1 is 1.24 bits per heavy atom. The smallest absolute Gasteiger partial charge is 0.416 e. The lowest BCUT2D eigenvalue weighted by Gasteiger charge is -2.17. The van der Waals surface area contributed by atoms with Crippen LogP contribution in [0.5, 0.6) is 5.75 Å². The van der Waals surface area contributed by atoms with Crippen molar-refractivity contribution >= 4 is 0 Å². The molecule has 2 unspecified atom stereocenters. The van der Waals surface area contributed by atoms with Gasteiger partial charge in [0.05, 0.1) is 24.4 Å². The highest BCUT2D eigenvalue weighted by atomic mass is 19.4. The van der Waals surface area contributed by atoms with E-state index >= 15 is 0 Å². The molecule has 0 saturated heterocycles. The van der Waals surface area contributed by atoms with Crippen LogP contribution in [0.15, 0.2) is 18.2 Å². The van der Waals surface area contributed by atoms with Crippen molar-refractivity contribution in [1.29, 1.82) is 0 Å². The van der Waals surface area contributed by atoms with Crippen LogP contribution in [0.4, 0.5) is 13.2 Å². The van der Waals surface area contributed by atoms with E-state index in [-0.39, 0.29) is 12.8 Å². The summed E-state index contributed by atoms with van der Waals surface area (Å²) < 4.78 is 43.7. The van der Waals surface area contributed by atoms with Crippen molar-refractivity contribution in [2.45, 2.75) is 51.5 Å². The number of rotatable bonds is 7. The van der Waals surface area contributed by atoms with Crippen molar-refractivity contribution in [3.63, 3.8) is 0 Å². The van der Waals surface area contributed by atoms with E-state index in [9.17, 15) is 23.4 Å². The van der Waals surface area contributed by atoms with E-state index in [0.717, 1.165) is 18.6 Å². The van der Waals surface area contributed by atoms with E-state index in [1.54, 1.807) is 0 Å². The molecule has 0 heterocycles. The van der Waals surface area contributed by atoms with Gasteiger partial charge in [-0.2, -0.15) is 13.2 Å². The summed E-state index contributed by atoms with van der Waals surface area (Å²) >= 11 is 0. The number of halogens is 3. The minimum Gasteiger partial charge on any atom is -0.493 e. The van der Waals surface area contributed by atoms with Crippen LogP contribution in [0.25, 0.3) is 0 Å². The van der Waals surface area contributed by atoms with Crippen molar-refractivity contribution in [3.8, 4) is 5.75 Å². The molecule has 0 aliphatic carbocycles. The van der Waals surface area contributed by atoms with Gasteiger partial charge in [-0.3, -0.25) is 0 Å². The van der Waals surface area contributed by atoms with E-state index in [4.69, 9.17) is 4.74 Å². The minimum absolute atomic E-state index is 0.168. The molecule has 0 fully saturated rings. The first-order valence-corrected chi connectivity index (χ1v) is 6.94. The SMILES string of the molecule is CCCOc1ccc(C(F)(F)F)cc1CCC(O)C(C)O. The lowest BCUT2D eigenvalue weighted by Crippen LogP contribution is -2.23. The van der Waals surface area contributed by atoms with Crippen molar-refractivity contribution < 1.29 is 28.1 Å². The Bertz CT molecular complexity index is 444. The zero-order valence-electron chi connectivity index (χ0n) is 12.2. The Morgan fingerprint density at radius 2 is 1.90 bits per heavy atom. The molecule has 0 aliphatic heterocycles. The van der Waals surface area contributed by atoms with E-state index in [2.05, 4.69) is 0 Å². The normalized spacial score (nSPS) is 14.8. The van der Waals surface area contributed by atoms with Crippen LogP contribution >= 0.6 is 0 Å². The molecule has 0 saturated carbocycles. The Labute approximate surface area is 122 Å². The molecule has 6 heteroatoms. The summed E-state index contributed by atoms with van der Waals surface area (Å²) in [6.45, 7) is 3.75. The third-order valence-electron chi connectivity index (χ3n) is 3.12. The van der Waals surface area contributed by atoms with Gasteiger partial charge < -0.3 is 14.9 Å². The van der Waals surface area contributed by atoms with Gasteiger partial charge in [0.2, 0.25) is 0 Å². The van der Waals surface area contributed by atoms with Crippen molar-refractivity contribution in [2.24, 2.45) is 0 Å². The first-order chi connectivity index (χ1) is 9.75. The summed E-state index contributed by atoms with van der Waals surface area (Å²) in [4.78, 5) is 0. The first kappa shape index (κ1) is 17.8. The van der Waals surface area contributed by atoms with Crippen molar-refractivity contribution in [3.05, 3.63) is 29.3 Å². The molecule has 1 aromatic carbocycles. The number of aryl methyl sites for hydroxylation is 1. The number of ether oxygens (including phenoxy) is 1. The van der Waals surface area contributed by atoms with E-state index in [1.807, 2.05) is 6.92 Å². The second-order valence-corrected chi connectivity index (χ2v) is 5.02. The molecule has 0 aromatic heterocycles. The summed E-state index contributed by atoms with van der Waals surface area (Å²) in [5, 5.41) is 18.8. The third-order valence-corrected chi connectivity index (χ3v) is 3.12. The third kappa shape index (κ3) is 5.55. The maximum Gasteiger partial charge on any atom is 0.416 e. The average molecular weight is 306 g/mol. The summed E-state index contributed by atoms with van der Waals surface area (Å²) in [6.07, 6.45) is -5.19. The molecule has 2 atom stereocenters. The topological polar surface area (TPSA) is 49.7 Å². The predicted molar refractivity (Wildman–Crippen MR) is 73.2 cm³/mol. The molecular formula is C15H21F3O3. The molecule has 0 radical (unpaired) electrons. The maximum atomic E-state index is 12.7. The molecular weight excluding hydrogens is 285 g/mol. The van der Waals surface area contributed by atoms with E-state index in [1.165, 1.54) is 13.0 Å². The lowest BCUT2D eigenvalue weighted by molar-refractivity contribution is -0.137. The Balaban J connectivity index is 2.93. The Kier molecular flexibility index (Phi) is 6.48. The van der Waals surface area contributed by atoms with Gasteiger partial charge in [0, 0.05) is 0 Å². The van der Waals surface area contributed by atoms with Crippen LogP contribution in [-0.4, -0.2) is 29.0 Å². The number of aliphatic hydroxyl groups excluding tert-OH is 2. The highest BCUT2D eigenvalue weighted by molar-refractivity contribution is 5.38. The van der Waals surface area contributed by atoms with Gasteiger partial charge in [0.15, 0.2) is 0 Å². The average Bonchev–Trinajstić information content (AvgIpc) is 2.41. The highest BCUT2D eigenvalue weighted by Gasteiger charge is 2.31. The molecule has 1 rings (SSSR count). The zero-order valence-corrected chi connectivity index (χ0v) is 12.2. The van der Waals surface area contributed by atoms with Gasteiger partial charge in [-0.1, -0.05) is 6.92 Å². The van der Waals surface area contributed by atoms with Gasteiger partial charge in [0.25, 0.3) is 0 Å². The van der Waals surface area contributed by atoms with Crippen LogP contribution in [0.3, 0.4) is 0 Å². The van der Waals surface area contributed by atoms with E-state index in [0.29, 0.717) is 17.9 Å². The van der Waals surface area contributed by atoms with Gasteiger partial charge >= 0.3 is 6.18 Å². The quantitative estimate of drug-likeness (QED) is 0.813. The maximum absolute atomic E-state index is 12.7. The summed E-state index contributed by atoms with van der Waals surface area (Å²) in [6, 6.07) is 3.34. The molecule has 0 amide bonds. The fraction of sp³-hybridized carbons (Fsp3) is 0.600. The second kappa shape index (κ2) is 7.66. The van der Waals surface area contributed by atoms with Crippen molar-refractivity contribution in [2.75, 3.05) is 6.61 Å². The van der Waals surface area contributed by atoms with Crippen LogP contribution in [0.2, 0.25) is 0 Å². The Hall–Kier alpha value is -1.27. The zero-order chi connectivity index (χ0) is 16.0. The molecule has 120 valence electrons. The number of aliphatic hydroxyl groups is 2. The monoisotopic (exact) mass is 306 g/mol. The molecule has 0 aliphatic rings. The van der Waals surface area contributed by atoms with Gasteiger partial charge in [-0.05, 0) is 49.9 Å².